The van der Waals surface area contributed by atoms with Crippen molar-refractivity contribution in [1.29, 1.82) is 5.26 Å². The Morgan fingerprint density at radius 2 is 2.21 bits per heavy atom. The Bertz CT molecular complexity index is 454. The molecule has 0 fully saturated rings. The minimum absolute atomic E-state index is 0.0214. The highest BCUT2D eigenvalue weighted by Crippen LogP contribution is 2.24. The largest absolute Gasteiger partial charge is 0.504 e. The van der Waals surface area contributed by atoms with Crippen LogP contribution in [0.2, 0.25) is 5.02 Å². The van der Waals surface area contributed by atoms with E-state index >= 15 is 0 Å². The molecule has 0 spiro atoms. The molecule has 1 N–H and O–H groups in total. The molecule has 0 amide bonds. The summed E-state index contributed by atoms with van der Waals surface area (Å²) >= 11 is 5.55. The molecule has 14 heavy (non-hydrogen) atoms. The van der Waals surface area contributed by atoms with Gasteiger partial charge in [0.25, 0.3) is 0 Å². The van der Waals surface area contributed by atoms with E-state index in [4.69, 9.17) is 16.9 Å². The van der Waals surface area contributed by atoms with Crippen molar-refractivity contribution < 1.29 is 9.50 Å². The molecule has 0 aliphatic carbocycles. The van der Waals surface area contributed by atoms with E-state index in [0.29, 0.717) is 0 Å². The molecule has 1 rings (SSSR count). The van der Waals surface area contributed by atoms with Gasteiger partial charge in [-0.3, -0.25) is 0 Å². The van der Waals surface area contributed by atoms with Gasteiger partial charge in [0.05, 0.1) is 18.1 Å². The molecule has 0 aliphatic heterocycles. The Balaban J connectivity index is 3.11. The van der Waals surface area contributed by atoms with Gasteiger partial charge in [-0.15, -0.1) is 0 Å². The maximum atomic E-state index is 12.9. The Morgan fingerprint density at radius 1 is 1.50 bits per heavy atom. The zero-order valence-corrected chi connectivity index (χ0v) is 7.77. The average molecular weight is 210 g/mol. The van der Waals surface area contributed by atoms with E-state index in [9.17, 15) is 9.50 Å². The maximum absolute atomic E-state index is 12.9. The van der Waals surface area contributed by atoms with Crippen LogP contribution in [0.15, 0.2) is 12.1 Å². The number of hydrogen-bond donors (Lipinski definition) is 1. The van der Waals surface area contributed by atoms with Gasteiger partial charge in [0.2, 0.25) is 0 Å². The second-order valence-electron chi connectivity index (χ2n) is 2.42. The number of aromatic hydroxyl groups is 1. The molecule has 0 saturated carbocycles. The van der Waals surface area contributed by atoms with Crippen LogP contribution in [0.1, 0.15) is 12.0 Å². The fourth-order valence-corrected chi connectivity index (χ4v) is 1.05. The van der Waals surface area contributed by atoms with Gasteiger partial charge in [0, 0.05) is 5.02 Å². The first-order valence-electron chi connectivity index (χ1n) is 3.69. The number of phenolic OH excluding ortho intramolecular Hbond substituents is 1. The second-order valence-corrected chi connectivity index (χ2v) is 2.86. The SMILES string of the molecule is N#CCC#Cc1cc(Cl)cc(F)c1O. The summed E-state index contributed by atoms with van der Waals surface area (Å²) in [7, 11) is 0. The molecule has 0 atom stereocenters. The van der Waals surface area contributed by atoms with E-state index in [1.165, 1.54) is 6.07 Å². The van der Waals surface area contributed by atoms with Gasteiger partial charge in [0.15, 0.2) is 11.6 Å². The summed E-state index contributed by atoms with van der Waals surface area (Å²) in [6, 6.07) is 4.13. The zero-order chi connectivity index (χ0) is 10.6. The van der Waals surface area contributed by atoms with Gasteiger partial charge < -0.3 is 5.11 Å². The van der Waals surface area contributed by atoms with E-state index in [1.807, 2.05) is 0 Å². The molecule has 2 nitrogen and oxygen atoms in total. The summed E-state index contributed by atoms with van der Waals surface area (Å²) in [6.07, 6.45) is 0.0214. The smallest absolute Gasteiger partial charge is 0.167 e. The van der Waals surface area contributed by atoms with Gasteiger partial charge >= 0.3 is 0 Å². The summed E-state index contributed by atoms with van der Waals surface area (Å²) in [6.45, 7) is 0. The fourth-order valence-electron chi connectivity index (χ4n) is 0.840. The molecule has 0 saturated heterocycles. The van der Waals surface area contributed by atoms with Crippen LogP contribution < -0.4 is 0 Å². The topological polar surface area (TPSA) is 44.0 Å². The van der Waals surface area contributed by atoms with Gasteiger partial charge in [-0.2, -0.15) is 5.26 Å². The average Bonchev–Trinajstić information content (AvgIpc) is 2.13. The fraction of sp³-hybridized carbons (Fsp3) is 0.100. The summed E-state index contributed by atoms with van der Waals surface area (Å²) in [4.78, 5) is 0. The zero-order valence-electron chi connectivity index (χ0n) is 7.01. The highest BCUT2D eigenvalue weighted by atomic mass is 35.5. The number of nitrogens with zero attached hydrogens (tertiary/aromatic N) is 1. The van der Waals surface area contributed by atoms with Crippen molar-refractivity contribution in [2.75, 3.05) is 0 Å². The lowest BCUT2D eigenvalue weighted by Crippen LogP contribution is -1.82. The minimum Gasteiger partial charge on any atom is -0.504 e. The monoisotopic (exact) mass is 209 g/mol. The first kappa shape index (κ1) is 10.4. The second kappa shape index (κ2) is 4.50. The number of halogens is 2. The molecule has 0 heterocycles. The Labute approximate surface area is 85.5 Å². The van der Waals surface area contributed by atoms with Crippen molar-refractivity contribution in [3.63, 3.8) is 0 Å². The van der Waals surface area contributed by atoms with Gasteiger partial charge in [-0.25, -0.2) is 4.39 Å². The van der Waals surface area contributed by atoms with Crippen molar-refractivity contribution in [2.24, 2.45) is 0 Å². The number of benzene rings is 1. The lowest BCUT2D eigenvalue weighted by Gasteiger charge is -1.98. The molecule has 0 bridgehead atoms. The number of phenols is 1. The molecule has 0 unspecified atom stereocenters. The predicted molar refractivity (Wildman–Crippen MR) is 50.2 cm³/mol. The Hall–Kier alpha value is -1.71. The van der Waals surface area contributed by atoms with Crippen molar-refractivity contribution in [1.82, 2.24) is 0 Å². The van der Waals surface area contributed by atoms with Crippen molar-refractivity contribution in [3.05, 3.63) is 28.5 Å². The maximum Gasteiger partial charge on any atom is 0.167 e. The lowest BCUT2D eigenvalue weighted by molar-refractivity contribution is 0.431. The van der Waals surface area contributed by atoms with Crippen molar-refractivity contribution in [2.45, 2.75) is 6.42 Å². The molecule has 4 heteroatoms. The molecule has 1 aromatic carbocycles. The lowest BCUT2D eigenvalue weighted by atomic mass is 10.2. The van der Waals surface area contributed by atoms with Crippen LogP contribution in [0.5, 0.6) is 5.75 Å². The third-order valence-electron chi connectivity index (χ3n) is 1.42. The number of rotatable bonds is 0. The van der Waals surface area contributed by atoms with Gasteiger partial charge in [-0.1, -0.05) is 23.4 Å². The van der Waals surface area contributed by atoms with E-state index in [0.717, 1.165) is 6.07 Å². The Kier molecular flexibility index (Phi) is 3.34. The van der Waals surface area contributed by atoms with Crippen LogP contribution in [0.25, 0.3) is 0 Å². The van der Waals surface area contributed by atoms with Crippen LogP contribution in [0.4, 0.5) is 4.39 Å². The molecule has 0 aromatic heterocycles. The van der Waals surface area contributed by atoms with Crippen LogP contribution >= 0.6 is 11.6 Å². The third kappa shape index (κ3) is 2.39. The first-order chi connectivity index (χ1) is 6.65. The normalized spacial score (nSPS) is 8.64. The van der Waals surface area contributed by atoms with Crippen LogP contribution in [-0.4, -0.2) is 5.11 Å². The standard InChI is InChI=1S/C10H5ClFNO/c11-8-5-7(3-1-2-4-13)10(14)9(12)6-8/h5-6,14H,2H2. The van der Waals surface area contributed by atoms with E-state index in [1.54, 1.807) is 6.07 Å². The molecular weight excluding hydrogens is 205 g/mol. The van der Waals surface area contributed by atoms with E-state index in [2.05, 4.69) is 11.8 Å². The highest BCUT2D eigenvalue weighted by Gasteiger charge is 2.06. The summed E-state index contributed by atoms with van der Waals surface area (Å²) < 4.78 is 12.9. The summed E-state index contributed by atoms with van der Waals surface area (Å²) in [5, 5.41) is 17.6. The Morgan fingerprint density at radius 3 is 2.86 bits per heavy atom. The van der Waals surface area contributed by atoms with Gasteiger partial charge in [-0.05, 0) is 12.1 Å². The molecule has 70 valence electrons. The van der Waals surface area contributed by atoms with E-state index < -0.39 is 11.6 Å². The number of nitriles is 1. The molecule has 0 radical (unpaired) electrons. The van der Waals surface area contributed by atoms with Crippen molar-refractivity contribution in [3.8, 4) is 23.7 Å². The third-order valence-corrected chi connectivity index (χ3v) is 1.64. The van der Waals surface area contributed by atoms with Crippen LogP contribution in [-0.2, 0) is 0 Å². The highest BCUT2D eigenvalue weighted by molar-refractivity contribution is 6.30. The van der Waals surface area contributed by atoms with E-state index in [-0.39, 0.29) is 17.0 Å². The minimum atomic E-state index is -0.821. The molecular formula is C10H5ClFNO. The quantitative estimate of drug-likeness (QED) is 0.667. The summed E-state index contributed by atoms with van der Waals surface area (Å²) in [5.41, 5.74) is 0.0882. The first-order valence-corrected chi connectivity index (χ1v) is 4.06. The van der Waals surface area contributed by atoms with Crippen LogP contribution in [0.3, 0.4) is 0 Å². The molecule has 1 aromatic rings. The molecule has 0 aliphatic rings. The van der Waals surface area contributed by atoms with Crippen LogP contribution in [0, 0.1) is 29.0 Å². The number of hydrogen-bond acceptors (Lipinski definition) is 2. The van der Waals surface area contributed by atoms with Gasteiger partial charge in [0.1, 0.15) is 0 Å². The summed E-state index contributed by atoms with van der Waals surface area (Å²) in [5.74, 6) is 3.54. The van der Waals surface area contributed by atoms with Crippen molar-refractivity contribution >= 4 is 11.6 Å². The predicted octanol–water partition coefficient (Wildman–Crippen LogP) is 2.45.